The number of carbonyl (C=O) groups excluding carboxylic acids is 2. The van der Waals surface area contributed by atoms with E-state index in [4.69, 9.17) is 5.73 Å². The van der Waals surface area contributed by atoms with Crippen LogP contribution in [0.25, 0.3) is 0 Å². The highest BCUT2D eigenvalue weighted by molar-refractivity contribution is 8.00. The van der Waals surface area contributed by atoms with E-state index < -0.39 is 18.4 Å². The molecule has 0 bridgehead atoms. The van der Waals surface area contributed by atoms with Crippen molar-refractivity contribution in [3.63, 3.8) is 0 Å². The van der Waals surface area contributed by atoms with Crippen molar-refractivity contribution in [1.82, 2.24) is 0 Å². The Morgan fingerprint density at radius 2 is 1.92 bits per heavy atom. The van der Waals surface area contributed by atoms with Gasteiger partial charge >= 0.3 is 6.61 Å². The second-order valence-electron chi connectivity index (χ2n) is 4.61. The van der Waals surface area contributed by atoms with Gasteiger partial charge in [0.1, 0.15) is 5.75 Å². The summed E-state index contributed by atoms with van der Waals surface area (Å²) in [6.07, 6.45) is 0. The van der Waals surface area contributed by atoms with Crippen molar-refractivity contribution in [1.29, 1.82) is 0 Å². The van der Waals surface area contributed by atoms with Crippen molar-refractivity contribution in [3.8, 4) is 5.75 Å². The number of anilines is 1. The highest BCUT2D eigenvalue weighted by Crippen LogP contribution is 2.27. The lowest BCUT2D eigenvalue weighted by Gasteiger charge is -2.11. The largest absolute Gasteiger partial charge is 0.435 e. The number of primary amides is 1. The SMILES string of the molecule is NC(=O)CSc1ccccc1NC(=O)c1cccc(OC(F)F)c1. The number of nitrogens with two attached hydrogens (primary N) is 1. The van der Waals surface area contributed by atoms with Crippen LogP contribution in [0, 0.1) is 0 Å². The molecule has 0 unspecified atom stereocenters. The number of amides is 2. The van der Waals surface area contributed by atoms with Crippen molar-refractivity contribution < 1.29 is 23.1 Å². The van der Waals surface area contributed by atoms with E-state index in [0.29, 0.717) is 10.6 Å². The van der Waals surface area contributed by atoms with E-state index in [1.54, 1.807) is 24.3 Å². The maximum absolute atomic E-state index is 12.3. The lowest BCUT2D eigenvalue weighted by atomic mass is 10.2. The van der Waals surface area contributed by atoms with Gasteiger partial charge in [0.25, 0.3) is 5.91 Å². The molecular formula is C16H14F2N2O3S. The maximum Gasteiger partial charge on any atom is 0.387 e. The number of carbonyl (C=O) groups is 2. The van der Waals surface area contributed by atoms with Gasteiger partial charge in [0, 0.05) is 10.5 Å². The van der Waals surface area contributed by atoms with Gasteiger partial charge in [-0.3, -0.25) is 9.59 Å². The normalized spacial score (nSPS) is 10.5. The first-order valence-corrected chi connectivity index (χ1v) is 7.80. The quantitative estimate of drug-likeness (QED) is 0.750. The number of benzene rings is 2. The molecule has 3 N–H and O–H groups in total. The number of hydrogen-bond donors (Lipinski definition) is 2. The van der Waals surface area contributed by atoms with E-state index in [0.717, 1.165) is 0 Å². The lowest BCUT2D eigenvalue weighted by molar-refractivity contribution is -0.115. The summed E-state index contributed by atoms with van der Waals surface area (Å²) in [5, 5.41) is 2.68. The number of hydrogen-bond acceptors (Lipinski definition) is 4. The zero-order chi connectivity index (χ0) is 17.5. The Balaban J connectivity index is 2.13. The molecule has 0 fully saturated rings. The Hall–Kier alpha value is -2.61. The molecule has 2 aromatic rings. The molecule has 0 aliphatic heterocycles. The fourth-order valence-electron chi connectivity index (χ4n) is 1.85. The molecule has 2 rings (SSSR count). The summed E-state index contributed by atoms with van der Waals surface area (Å²) in [4.78, 5) is 23.9. The molecule has 0 atom stereocenters. The summed E-state index contributed by atoms with van der Waals surface area (Å²) in [5.41, 5.74) is 5.78. The number of nitrogens with one attached hydrogen (secondary N) is 1. The van der Waals surface area contributed by atoms with Crippen molar-refractivity contribution >= 4 is 29.3 Å². The summed E-state index contributed by atoms with van der Waals surface area (Å²) in [6.45, 7) is -2.96. The van der Waals surface area contributed by atoms with Gasteiger partial charge in [-0.05, 0) is 30.3 Å². The third kappa shape index (κ3) is 5.24. The summed E-state index contributed by atoms with van der Waals surface area (Å²) in [6, 6.07) is 12.4. The number of para-hydroxylation sites is 1. The average molecular weight is 352 g/mol. The number of thioether (sulfide) groups is 1. The third-order valence-electron chi connectivity index (χ3n) is 2.83. The maximum atomic E-state index is 12.3. The van der Waals surface area contributed by atoms with Crippen LogP contribution in [-0.2, 0) is 4.79 Å². The van der Waals surface area contributed by atoms with Gasteiger partial charge in [-0.1, -0.05) is 18.2 Å². The van der Waals surface area contributed by atoms with Crippen molar-refractivity contribution in [2.75, 3.05) is 11.1 Å². The van der Waals surface area contributed by atoms with Gasteiger partial charge < -0.3 is 15.8 Å². The molecule has 126 valence electrons. The van der Waals surface area contributed by atoms with Crippen LogP contribution in [0.4, 0.5) is 14.5 Å². The van der Waals surface area contributed by atoms with Crippen molar-refractivity contribution in [2.24, 2.45) is 5.73 Å². The zero-order valence-corrected chi connectivity index (χ0v) is 13.2. The smallest absolute Gasteiger partial charge is 0.387 e. The van der Waals surface area contributed by atoms with E-state index >= 15 is 0 Å². The molecular weight excluding hydrogens is 338 g/mol. The van der Waals surface area contributed by atoms with E-state index in [9.17, 15) is 18.4 Å². The van der Waals surface area contributed by atoms with Crippen LogP contribution >= 0.6 is 11.8 Å². The van der Waals surface area contributed by atoms with Crippen LogP contribution in [0.3, 0.4) is 0 Å². The fourth-order valence-corrected chi connectivity index (χ4v) is 2.60. The minimum atomic E-state index is -2.96. The molecule has 0 aromatic heterocycles. The van der Waals surface area contributed by atoms with Crippen LogP contribution < -0.4 is 15.8 Å². The van der Waals surface area contributed by atoms with E-state index in [2.05, 4.69) is 10.1 Å². The van der Waals surface area contributed by atoms with E-state index in [1.807, 2.05) is 0 Å². The van der Waals surface area contributed by atoms with Crippen LogP contribution in [0.15, 0.2) is 53.4 Å². The second-order valence-corrected chi connectivity index (χ2v) is 5.63. The van der Waals surface area contributed by atoms with Gasteiger partial charge in [0.05, 0.1) is 11.4 Å². The standard InChI is InChI=1S/C16H14F2N2O3S/c17-16(18)23-11-5-3-4-10(8-11)15(22)20-12-6-1-2-7-13(12)24-9-14(19)21/h1-8,16H,9H2,(H2,19,21)(H,20,22). The minimum Gasteiger partial charge on any atom is -0.435 e. The molecule has 2 amide bonds. The molecule has 0 aliphatic carbocycles. The summed E-state index contributed by atoms with van der Waals surface area (Å²) < 4.78 is 28.8. The molecule has 2 aromatic carbocycles. The summed E-state index contributed by atoms with van der Waals surface area (Å²) in [5.74, 6) is -0.987. The van der Waals surface area contributed by atoms with Crippen LogP contribution in [0.2, 0.25) is 0 Å². The molecule has 5 nitrogen and oxygen atoms in total. The van der Waals surface area contributed by atoms with E-state index in [1.165, 1.54) is 36.0 Å². The Morgan fingerprint density at radius 1 is 1.17 bits per heavy atom. The Labute approximate surface area is 141 Å². The van der Waals surface area contributed by atoms with E-state index in [-0.39, 0.29) is 17.1 Å². The third-order valence-corrected chi connectivity index (χ3v) is 3.92. The van der Waals surface area contributed by atoms with Gasteiger partial charge in [-0.25, -0.2) is 0 Å². The number of alkyl halides is 2. The molecule has 0 spiro atoms. The van der Waals surface area contributed by atoms with Crippen molar-refractivity contribution in [2.45, 2.75) is 11.5 Å². The monoisotopic (exact) mass is 352 g/mol. The first kappa shape index (κ1) is 17.7. The van der Waals surface area contributed by atoms with Gasteiger partial charge in [0.2, 0.25) is 5.91 Å². The minimum absolute atomic E-state index is 0.0740. The highest BCUT2D eigenvalue weighted by atomic mass is 32.2. The Kier molecular flexibility index (Phi) is 6.14. The van der Waals surface area contributed by atoms with Gasteiger partial charge in [0.15, 0.2) is 0 Å². The molecule has 8 heteroatoms. The Morgan fingerprint density at radius 3 is 2.62 bits per heavy atom. The Bertz CT molecular complexity index is 741. The second kappa shape index (κ2) is 8.30. The van der Waals surface area contributed by atoms with Crippen molar-refractivity contribution in [3.05, 3.63) is 54.1 Å². The first-order chi connectivity index (χ1) is 11.5. The molecule has 24 heavy (non-hydrogen) atoms. The molecule has 0 saturated heterocycles. The number of rotatable bonds is 7. The average Bonchev–Trinajstić information content (AvgIpc) is 2.53. The summed E-state index contributed by atoms with van der Waals surface area (Å²) in [7, 11) is 0. The summed E-state index contributed by atoms with van der Waals surface area (Å²) >= 11 is 1.19. The predicted molar refractivity (Wildman–Crippen MR) is 87.4 cm³/mol. The van der Waals surface area contributed by atoms with Crippen LogP contribution in [0.1, 0.15) is 10.4 Å². The predicted octanol–water partition coefficient (Wildman–Crippen LogP) is 3.12. The molecule has 0 heterocycles. The molecule has 0 aliphatic rings. The van der Waals surface area contributed by atoms with Crippen LogP contribution in [0.5, 0.6) is 5.75 Å². The van der Waals surface area contributed by atoms with Gasteiger partial charge in [-0.2, -0.15) is 8.78 Å². The van der Waals surface area contributed by atoms with Crippen LogP contribution in [-0.4, -0.2) is 24.2 Å². The zero-order valence-electron chi connectivity index (χ0n) is 12.4. The molecule has 0 saturated carbocycles. The fraction of sp³-hybridized carbons (Fsp3) is 0.125. The lowest BCUT2D eigenvalue weighted by Crippen LogP contribution is -2.15. The number of halogens is 2. The molecule has 0 radical (unpaired) electrons. The highest BCUT2D eigenvalue weighted by Gasteiger charge is 2.12. The van der Waals surface area contributed by atoms with Gasteiger partial charge in [-0.15, -0.1) is 11.8 Å². The first-order valence-electron chi connectivity index (χ1n) is 6.82. The number of ether oxygens (including phenoxy) is 1. The topological polar surface area (TPSA) is 81.4 Å².